The third-order valence-corrected chi connectivity index (χ3v) is 3.77. The zero-order chi connectivity index (χ0) is 12.4. The van der Waals surface area contributed by atoms with Gasteiger partial charge in [-0.3, -0.25) is 0 Å². The second-order valence-electron chi connectivity index (χ2n) is 4.87. The number of benzene rings is 1. The molecule has 2 aliphatic rings. The monoisotopic (exact) mass is 245 g/mol. The van der Waals surface area contributed by atoms with Gasteiger partial charge in [0.25, 0.3) is 0 Å². The number of anilines is 1. The Balaban J connectivity index is 1.79. The highest BCUT2D eigenvalue weighted by atomic mass is 16.7. The Morgan fingerprint density at radius 2 is 2.06 bits per heavy atom. The Kier molecular flexibility index (Phi) is 3.10. The van der Waals surface area contributed by atoms with Crippen molar-refractivity contribution in [3.05, 3.63) is 35.9 Å². The van der Waals surface area contributed by atoms with Gasteiger partial charge < -0.3 is 14.8 Å². The number of rotatable bonds is 2. The summed E-state index contributed by atoms with van der Waals surface area (Å²) in [6.45, 7) is 1.47. The van der Waals surface area contributed by atoms with Gasteiger partial charge in [0.05, 0.1) is 13.2 Å². The fourth-order valence-electron chi connectivity index (χ4n) is 2.70. The van der Waals surface area contributed by atoms with Gasteiger partial charge in [0.1, 0.15) is 0 Å². The van der Waals surface area contributed by atoms with E-state index in [0.29, 0.717) is 0 Å². The molecule has 3 rings (SSSR count). The molecule has 0 bridgehead atoms. The summed E-state index contributed by atoms with van der Waals surface area (Å²) in [4.78, 5) is 0. The number of ether oxygens (including phenoxy) is 2. The molecule has 96 valence electrons. The second-order valence-corrected chi connectivity index (χ2v) is 4.87. The summed E-state index contributed by atoms with van der Waals surface area (Å²) in [5, 5.41) is 3.18. The van der Waals surface area contributed by atoms with Crippen molar-refractivity contribution in [1.82, 2.24) is 0 Å². The van der Waals surface area contributed by atoms with Crippen LogP contribution in [-0.4, -0.2) is 26.0 Å². The van der Waals surface area contributed by atoms with Crippen LogP contribution in [0, 0.1) is 0 Å². The first kappa shape index (κ1) is 11.8. The molecule has 3 nitrogen and oxygen atoms in total. The van der Waals surface area contributed by atoms with Crippen molar-refractivity contribution >= 4 is 11.3 Å². The molecular formula is C15H19NO2. The second kappa shape index (κ2) is 4.75. The molecule has 1 heterocycles. The summed E-state index contributed by atoms with van der Waals surface area (Å²) in [5.41, 5.74) is 3.86. The lowest BCUT2D eigenvalue weighted by atomic mass is 9.90. The van der Waals surface area contributed by atoms with Gasteiger partial charge in [-0.05, 0) is 29.7 Å². The van der Waals surface area contributed by atoms with E-state index in [2.05, 4.69) is 35.7 Å². The first-order valence-corrected chi connectivity index (χ1v) is 6.56. The first-order chi connectivity index (χ1) is 8.81. The van der Waals surface area contributed by atoms with E-state index >= 15 is 0 Å². The smallest absolute Gasteiger partial charge is 0.172 e. The van der Waals surface area contributed by atoms with E-state index in [-0.39, 0.29) is 5.79 Å². The van der Waals surface area contributed by atoms with E-state index in [4.69, 9.17) is 9.47 Å². The van der Waals surface area contributed by atoms with Crippen molar-refractivity contribution in [3.8, 4) is 0 Å². The predicted octanol–water partition coefficient (Wildman–Crippen LogP) is 3.04. The Morgan fingerprint density at radius 1 is 1.22 bits per heavy atom. The standard InChI is InChI=1S/C15H19NO2/c1-16-14-4-2-3-13(11-14)12-5-7-15(8-6-12)17-9-10-18-15/h2-5,11,16H,6-10H2,1H3. The van der Waals surface area contributed by atoms with Crippen LogP contribution in [0.15, 0.2) is 30.3 Å². The zero-order valence-corrected chi connectivity index (χ0v) is 10.7. The number of hydrogen-bond acceptors (Lipinski definition) is 3. The molecule has 1 aliphatic carbocycles. The lowest BCUT2D eigenvalue weighted by molar-refractivity contribution is -0.159. The maximum Gasteiger partial charge on any atom is 0.172 e. The van der Waals surface area contributed by atoms with E-state index < -0.39 is 0 Å². The van der Waals surface area contributed by atoms with Crippen LogP contribution in [0.25, 0.3) is 5.57 Å². The van der Waals surface area contributed by atoms with Crippen molar-refractivity contribution in [2.24, 2.45) is 0 Å². The molecule has 3 heteroatoms. The minimum atomic E-state index is -0.315. The van der Waals surface area contributed by atoms with E-state index in [9.17, 15) is 0 Å². The largest absolute Gasteiger partial charge is 0.388 e. The maximum absolute atomic E-state index is 5.73. The van der Waals surface area contributed by atoms with Gasteiger partial charge in [-0.1, -0.05) is 18.2 Å². The number of allylic oxidation sites excluding steroid dienone is 1. The minimum Gasteiger partial charge on any atom is -0.388 e. The highest BCUT2D eigenvalue weighted by Crippen LogP contribution is 2.38. The molecule has 0 saturated carbocycles. The van der Waals surface area contributed by atoms with Crippen LogP contribution >= 0.6 is 0 Å². The van der Waals surface area contributed by atoms with Gasteiger partial charge in [0.15, 0.2) is 5.79 Å². The molecule has 1 N–H and O–H groups in total. The van der Waals surface area contributed by atoms with Gasteiger partial charge in [-0.25, -0.2) is 0 Å². The van der Waals surface area contributed by atoms with E-state index in [1.54, 1.807) is 0 Å². The third kappa shape index (κ3) is 2.16. The third-order valence-electron chi connectivity index (χ3n) is 3.77. The molecule has 1 aromatic carbocycles. The summed E-state index contributed by atoms with van der Waals surface area (Å²) < 4.78 is 11.5. The van der Waals surface area contributed by atoms with Gasteiger partial charge in [-0.15, -0.1) is 0 Å². The average Bonchev–Trinajstić information content (AvgIpc) is 2.88. The summed E-state index contributed by atoms with van der Waals surface area (Å²) in [7, 11) is 1.95. The van der Waals surface area contributed by atoms with Crippen molar-refractivity contribution in [1.29, 1.82) is 0 Å². The van der Waals surface area contributed by atoms with Crippen LogP contribution in [0.1, 0.15) is 24.8 Å². The summed E-state index contributed by atoms with van der Waals surface area (Å²) in [6, 6.07) is 8.54. The van der Waals surface area contributed by atoms with Gasteiger partial charge in [0, 0.05) is 25.6 Å². The van der Waals surface area contributed by atoms with E-state index in [0.717, 1.165) is 38.2 Å². The maximum atomic E-state index is 5.73. The molecule has 1 spiro atoms. The summed E-state index contributed by atoms with van der Waals surface area (Å²) in [6.07, 6.45) is 5.12. The predicted molar refractivity (Wildman–Crippen MR) is 72.5 cm³/mol. The van der Waals surface area contributed by atoms with Crippen LogP contribution in [0.5, 0.6) is 0 Å². The molecule has 0 atom stereocenters. The molecule has 1 fully saturated rings. The SMILES string of the molecule is CNc1cccc(C2=CCC3(CC2)OCCO3)c1. The van der Waals surface area contributed by atoms with Crippen LogP contribution in [0.3, 0.4) is 0 Å². The average molecular weight is 245 g/mol. The van der Waals surface area contributed by atoms with Crippen LogP contribution < -0.4 is 5.32 Å². The van der Waals surface area contributed by atoms with Crippen molar-refractivity contribution in [2.45, 2.75) is 25.0 Å². The molecule has 1 aromatic rings. The lowest BCUT2D eigenvalue weighted by Crippen LogP contribution is -2.31. The number of nitrogens with one attached hydrogen (secondary N) is 1. The Hall–Kier alpha value is -1.32. The van der Waals surface area contributed by atoms with Crippen LogP contribution in [-0.2, 0) is 9.47 Å². The molecular weight excluding hydrogens is 226 g/mol. The van der Waals surface area contributed by atoms with E-state index in [1.165, 1.54) is 11.1 Å². The summed E-state index contributed by atoms with van der Waals surface area (Å²) in [5.74, 6) is -0.315. The molecule has 18 heavy (non-hydrogen) atoms. The quantitative estimate of drug-likeness (QED) is 0.868. The van der Waals surface area contributed by atoms with Crippen molar-refractivity contribution in [3.63, 3.8) is 0 Å². The minimum absolute atomic E-state index is 0.315. The molecule has 1 aliphatic heterocycles. The van der Waals surface area contributed by atoms with Crippen molar-refractivity contribution < 1.29 is 9.47 Å². The fourth-order valence-corrected chi connectivity index (χ4v) is 2.70. The zero-order valence-electron chi connectivity index (χ0n) is 10.7. The number of hydrogen-bond donors (Lipinski definition) is 1. The molecule has 0 amide bonds. The Bertz CT molecular complexity index is 461. The highest BCUT2D eigenvalue weighted by molar-refractivity contribution is 5.69. The molecule has 0 aromatic heterocycles. The lowest BCUT2D eigenvalue weighted by Gasteiger charge is -2.30. The van der Waals surface area contributed by atoms with Crippen molar-refractivity contribution in [2.75, 3.05) is 25.6 Å². The van der Waals surface area contributed by atoms with Crippen LogP contribution in [0.2, 0.25) is 0 Å². The Morgan fingerprint density at radius 3 is 2.72 bits per heavy atom. The molecule has 1 saturated heterocycles. The molecule has 0 radical (unpaired) electrons. The van der Waals surface area contributed by atoms with E-state index in [1.807, 2.05) is 7.05 Å². The first-order valence-electron chi connectivity index (χ1n) is 6.56. The molecule has 0 unspecified atom stereocenters. The normalized spacial score (nSPS) is 21.9. The Labute approximate surface area is 108 Å². The topological polar surface area (TPSA) is 30.5 Å². The van der Waals surface area contributed by atoms with Gasteiger partial charge in [0.2, 0.25) is 0 Å². The van der Waals surface area contributed by atoms with Gasteiger partial charge in [-0.2, -0.15) is 0 Å². The fraction of sp³-hybridized carbons (Fsp3) is 0.467. The van der Waals surface area contributed by atoms with Crippen LogP contribution in [0.4, 0.5) is 5.69 Å². The van der Waals surface area contributed by atoms with Gasteiger partial charge >= 0.3 is 0 Å². The highest BCUT2D eigenvalue weighted by Gasteiger charge is 2.37. The summed E-state index contributed by atoms with van der Waals surface area (Å²) >= 11 is 0.